The van der Waals surface area contributed by atoms with Crippen LogP contribution in [0.1, 0.15) is 25.7 Å². The first-order chi connectivity index (χ1) is 13.7. The highest BCUT2D eigenvalue weighted by Gasteiger charge is 2.26. The van der Waals surface area contributed by atoms with Crippen LogP contribution in [0, 0.1) is 5.92 Å². The number of piperidine rings is 1. The van der Waals surface area contributed by atoms with Crippen molar-refractivity contribution in [1.82, 2.24) is 9.97 Å². The van der Waals surface area contributed by atoms with Crippen molar-refractivity contribution in [1.29, 1.82) is 0 Å². The summed E-state index contributed by atoms with van der Waals surface area (Å²) in [6, 6.07) is 9.56. The number of ether oxygens (including phenoxy) is 1. The summed E-state index contributed by atoms with van der Waals surface area (Å²) in [6.45, 7) is 3.80. The molecule has 1 aromatic carbocycles. The minimum atomic E-state index is 0.0161. The second-order valence-corrected chi connectivity index (χ2v) is 7.41. The van der Waals surface area contributed by atoms with Crippen molar-refractivity contribution in [3.63, 3.8) is 0 Å². The summed E-state index contributed by atoms with van der Waals surface area (Å²) in [7, 11) is 1.62. The molecule has 2 aliphatic heterocycles. The zero-order chi connectivity index (χ0) is 19.3. The van der Waals surface area contributed by atoms with Gasteiger partial charge in [-0.3, -0.25) is 4.79 Å². The molecule has 2 fully saturated rings. The molecule has 148 valence electrons. The van der Waals surface area contributed by atoms with Crippen LogP contribution in [-0.4, -0.2) is 49.2 Å². The van der Waals surface area contributed by atoms with Crippen LogP contribution in [0.15, 0.2) is 36.7 Å². The monoisotopic (exact) mass is 381 g/mol. The summed E-state index contributed by atoms with van der Waals surface area (Å²) in [6.07, 6.45) is 5.75. The molecule has 2 aliphatic rings. The van der Waals surface area contributed by atoms with Crippen molar-refractivity contribution in [3.8, 4) is 5.75 Å². The summed E-state index contributed by atoms with van der Waals surface area (Å²) in [5, 5.41) is 3.02. The fourth-order valence-electron chi connectivity index (χ4n) is 3.95. The molecule has 1 amide bonds. The Morgan fingerprint density at radius 3 is 2.39 bits per heavy atom. The van der Waals surface area contributed by atoms with Gasteiger partial charge in [0.25, 0.3) is 0 Å². The van der Waals surface area contributed by atoms with Crippen LogP contribution in [0.4, 0.5) is 17.3 Å². The van der Waals surface area contributed by atoms with Crippen molar-refractivity contribution < 1.29 is 9.53 Å². The Kier molecular flexibility index (Phi) is 5.60. The van der Waals surface area contributed by atoms with E-state index in [0.717, 1.165) is 62.1 Å². The molecular formula is C21H27N5O2. The van der Waals surface area contributed by atoms with E-state index in [2.05, 4.69) is 31.2 Å². The number of amides is 1. The molecule has 2 aromatic rings. The zero-order valence-corrected chi connectivity index (χ0v) is 16.3. The highest BCUT2D eigenvalue weighted by Crippen LogP contribution is 2.26. The summed E-state index contributed by atoms with van der Waals surface area (Å²) >= 11 is 0. The van der Waals surface area contributed by atoms with E-state index < -0.39 is 0 Å². The molecule has 4 rings (SSSR count). The molecule has 0 saturated carbocycles. The van der Waals surface area contributed by atoms with Gasteiger partial charge in [-0.2, -0.15) is 0 Å². The number of carbonyl (C=O) groups excluding carboxylic acids is 1. The van der Waals surface area contributed by atoms with Gasteiger partial charge in [-0.25, -0.2) is 9.97 Å². The van der Waals surface area contributed by atoms with Gasteiger partial charge in [0, 0.05) is 49.9 Å². The van der Waals surface area contributed by atoms with Crippen molar-refractivity contribution >= 4 is 23.2 Å². The molecule has 0 aliphatic carbocycles. The van der Waals surface area contributed by atoms with Crippen molar-refractivity contribution in [2.45, 2.75) is 25.7 Å². The second-order valence-electron chi connectivity index (χ2n) is 7.41. The van der Waals surface area contributed by atoms with E-state index in [-0.39, 0.29) is 11.8 Å². The van der Waals surface area contributed by atoms with E-state index in [1.807, 2.05) is 24.3 Å². The topological polar surface area (TPSA) is 70.6 Å². The number of nitrogens with one attached hydrogen (secondary N) is 1. The molecule has 0 unspecified atom stereocenters. The van der Waals surface area contributed by atoms with Crippen LogP contribution in [-0.2, 0) is 4.79 Å². The number of aromatic nitrogens is 2. The SMILES string of the molecule is COc1cccc(NC(=O)C2CCN(c3cc(N4CCCC4)ncn3)CC2)c1. The van der Waals surface area contributed by atoms with Gasteiger partial charge in [-0.15, -0.1) is 0 Å². The molecule has 0 bridgehead atoms. The van der Waals surface area contributed by atoms with Gasteiger partial charge >= 0.3 is 0 Å². The molecule has 0 atom stereocenters. The predicted molar refractivity (Wildman–Crippen MR) is 110 cm³/mol. The summed E-state index contributed by atoms with van der Waals surface area (Å²) in [5.41, 5.74) is 0.776. The van der Waals surface area contributed by atoms with Gasteiger partial charge in [-0.05, 0) is 37.8 Å². The van der Waals surface area contributed by atoms with Gasteiger partial charge in [0.2, 0.25) is 5.91 Å². The second kappa shape index (κ2) is 8.46. The lowest BCUT2D eigenvalue weighted by atomic mass is 9.96. The highest BCUT2D eigenvalue weighted by atomic mass is 16.5. The number of methoxy groups -OCH3 is 1. The Bertz CT molecular complexity index is 814. The fourth-order valence-corrected chi connectivity index (χ4v) is 3.95. The lowest BCUT2D eigenvalue weighted by molar-refractivity contribution is -0.120. The number of rotatable bonds is 5. The highest BCUT2D eigenvalue weighted by molar-refractivity contribution is 5.92. The Hall–Kier alpha value is -2.83. The maximum atomic E-state index is 12.6. The average Bonchev–Trinajstić information content (AvgIpc) is 3.29. The van der Waals surface area contributed by atoms with E-state index in [1.54, 1.807) is 13.4 Å². The van der Waals surface area contributed by atoms with Crippen molar-refractivity contribution in [3.05, 3.63) is 36.7 Å². The third kappa shape index (κ3) is 4.18. The molecule has 0 spiro atoms. The Labute approximate surface area is 165 Å². The van der Waals surface area contributed by atoms with Crippen molar-refractivity contribution in [2.24, 2.45) is 5.92 Å². The molecule has 3 heterocycles. The largest absolute Gasteiger partial charge is 0.497 e. The third-order valence-corrected chi connectivity index (χ3v) is 5.60. The zero-order valence-electron chi connectivity index (χ0n) is 16.3. The number of carbonyl (C=O) groups is 1. The number of nitrogens with zero attached hydrogens (tertiary/aromatic N) is 4. The predicted octanol–water partition coefficient (Wildman–Crippen LogP) is 2.94. The maximum absolute atomic E-state index is 12.6. The smallest absolute Gasteiger partial charge is 0.227 e. The van der Waals surface area contributed by atoms with Crippen LogP contribution in [0.5, 0.6) is 5.75 Å². The standard InChI is InChI=1S/C21H27N5O2/c1-28-18-6-4-5-17(13-18)24-21(27)16-7-11-26(12-8-16)20-14-19(22-15-23-20)25-9-2-3-10-25/h4-6,13-16H,2-3,7-12H2,1H3,(H,24,27). The molecule has 7 nitrogen and oxygen atoms in total. The van der Waals surface area contributed by atoms with Crippen LogP contribution >= 0.6 is 0 Å². The number of hydrogen-bond acceptors (Lipinski definition) is 6. The fraction of sp³-hybridized carbons (Fsp3) is 0.476. The van der Waals surface area contributed by atoms with Gasteiger partial charge in [0.1, 0.15) is 23.7 Å². The van der Waals surface area contributed by atoms with E-state index in [9.17, 15) is 4.79 Å². The third-order valence-electron chi connectivity index (χ3n) is 5.60. The van der Waals surface area contributed by atoms with E-state index in [4.69, 9.17) is 4.74 Å². The maximum Gasteiger partial charge on any atom is 0.227 e. The lowest BCUT2D eigenvalue weighted by Crippen LogP contribution is -2.38. The lowest BCUT2D eigenvalue weighted by Gasteiger charge is -2.32. The minimum Gasteiger partial charge on any atom is -0.497 e. The number of hydrogen-bond donors (Lipinski definition) is 1. The Balaban J connectivity index is 1.34. The van der Waals surface area contributed by atoms with Gasteiger partial charge in [-0.1, -0.05) is 6.07 Å². The van der Waals surface area contributed by atoms with Crippen LogP contribution in [0.2, 0.25) is 0 Å². The van der Waals surface area contributed by atoms with Gasteiger partial charge in [0.15, 0.2) is 0 Å². The molecule has 28 heavy (non-hydrogen) atoms. The van der Waals surface area contributed by atoms with Gasteiger partial charge in [0.05, 0.1) is 7.11 Å². The minimum absolute atomic E-state index is 0.0161. The molecule has 1 N–H and O–H groups in total. The molecule has 1 aromatic heterocycles. The molecule has 0 radical (unpaired) electrons. The Morgan fingerprint density at radius 1 is 1.04 bits per heavy atom. The number of anilines is 3. The summed E-state index contributed by atoms with van der Waals surface area (Å²) < 4.78 is 5.22. The van der Waals surface area contributed by atoms with Crippen LogP contribution in [0.3, 0.4) is 0 Å². The summed E-state index contributed by atoms with van der Waals surface area (Å²) in [5.74, 6) is 2.81. The van der Waals surface area contributed by atoms with Crippen molar-refractivity contribution in [2.75, 3.05) is 48.4 Å². The normalized spacial score (nSPS) is 17.6. The van der Waals surface area contributed by atoms with Crippen LogP contribution < -0.4 is 19.9 Å². The first-order valence-electron chi connectivity index (χ1n) is 10.00. The average molecular weight is 381 g/mol. The quantitative estimate of drug-likeness (QED) is 0.859. The summed E-state index contributed by atoms with van der Waals surface area (Å²) in [4.78, 5) is 26.1. The van der Waals surface area contributed by atoms with E-state index in [1.165, 1.54) is 12.8 Å². The first kappa shape index (κ1) is 18.5. The van der Waals surface area contributed by atoms with E-state index >= 15 is 0 Å². The van der Waals surface area contributed by atoms with Crippen LogP contribution in [0.25, 0.3) is 0 Å². The van der Waals surface area contributed by atoms with E-state index in [0.29, 0.717) is 0 Å². The number of benzene rings is 1. The molecular weight excluding hydrogens is 354 g/mol. The Morgan fingerprint density at radius 2 is 1.71 bits per heavy atom. The molecule has 7 heteroatoms. The first-order valence-corrected chi connectivity index (χ1v) is 10.00. The van der Waals surface area contributed by atoms with Gasteiger partial charge < -0.3 is 19.9 Å². The molecule has 2 saturated heterocycles.